The number of allylic oxidation sites excluding steroid dienone is 4. The zero-order chi connectivity index (χ0) is 22.6. The van der Waals surface area contributed by atoms with Gasteiger partial charge in [-0.15, -0.1) is 0 Å². The maximum Gasteiger partial charge on any atom is 0.306 e. The molecule has 1 N–H and O–H groups in total. The highest BCUT2D eigenvalue weighted by Crippen LogP contribution is 2.66. The van der Waals surface area contributed by atoms with Gasteiger partial charge in [0.15, 0.2) is 17.2 Å². The molecule has 0 bridgehead atoms. The van der Waals surface area contributed by atoms with Gasteiger partial charge in [0.25, 0.3) is 0 Å². The molecule has 0 aromatic rings. The molecule has 31 heavy (non-hydrogen) atoms. The number of ether oxygens (including phenoxy) is 1. The molecule has 0 heterocycles. The van der Waals surface area contributed by atoms with Crippen LogP contribution in [-0.4, -0.2) is 34.3 Å². The molecular formula is C26H36O5. The number of esters is 1. The number of rotatable bonds is 4. The van der Waals surface area contributed by atoms with Crippen LogP contribution in [0.3, 0.4) is 0 Å². The van der Waals surface area contributed by atoms with Crippen LogP contribution in [0, 0.1) is 28.6 Å². The fourth-order valence-corrected chi connectivity index (χ4v) is 7.79. The van der Waals surface area contributed by atoms with Crippen molar-refractivity contribution in [2.45, 2.75) is 90.8 Å². The van der Waals surface area contributed by atoms with Crippen LogP contribution in [0.5, 0.6) is 0 Å². The Morgan fingerprint density at radius 3 is 2.68 bits per heavy atom. The van der Waals surface area contributed by atoms with Crippen LogP contribution in [0.1, 0.15) is 79.1 Å². The molecule has 4 unspecified atom stereocenters. The number of carbonyl (C=O) groups excluding carboxylic acids is 3. The molecule has 0 saturated heterocycles. The van der Waals surface area contributed by atoms with Gasteiger partial charge in [-0.05, 0) is 75.9 Å². The number of Topliss-reactive ketones (excluding diaryl/α,β-unsaturated/α-hetero) is 1. The van der Waals surface area contributed by atoms with Crippen molar-refractivity contribution in [2.75, 3.05) is 0 Å². The van der Waals surface area contributed by atoms with Crippen LogP contribution in [0.15, 0.2) is 23.8 Å². The van der Waals surface area contributed by atoms with Crippen LogP contribution in [-0.2, 0) is 19.1 Å². The standard InChI is InChI=1S/C26H36O5/c1-5-7-22(30)31-26(16(2)27)12-6-8-20-19-10-9-17-14-18(28)11-13-24(17,3)23(19)21(29)15-25(20,26)4/h11,13-14,19-21,23,29H,5-10,12,15H2,1-4H3/t19?,20?,21?,23?,24-,25-,26-/m0/s1. The van der Waals surface area contributed by atoms with Gasteiger partial charge in [-0.2, -0.15) is 0 Å². The Morgan fingerprint density at radius 1 is 1.26 bits per heavy atom. The topological polar surface area (TPSA) is 80.7 Å². The molecule has 7 atom stereocenters. The fraction of sp³-hybridized carbons (Fsp3) is 0.731. The summed E-state index contributed by atoms with van der Waals surface area (Å²) in [6.45, 7) is 7.69. The SMILES string of the molecule is CCCC(=O)O[C@]1(C(C)=O)CCCC2C3CCC4=CC(=O)C=C[C@]4(C)C3C(O)C[C@@]21C. The zero-order valence-electron chi connectivity index (χ0n) is 19.3. The largest absolute Gasteiger partial charge is 0.450 e. The van der Waals surface area contributed by atoms with Crippen LogP contribution in [0.25, 0.3) is 0 Å². The lowest BCUT2D eigenvalue weighted by Crippen LogP contribution is -2.67. The summed E-state index contributed by atoms with van der Waals surface area (Å²) in [5.41, 5.74) is -0.977. The minimum absolute atomic E-state index is 0.00373. The Hall–Kier alpha value is -1.75. The van der Waals surface area contributed by atoms with Crippen molar-refractivity contribution in [2.24, 2.45) is 28.6 Å². The van der Waals surface area contributed by atoms with Gasteiger partial charge in [-0.25, -0.2) is 0 Å². The van der Waals surface area contributed by atoms with Crippen molar-refractivity contribution in [3.05, 3.63) is 23.8 Å². The molecule has 0 aliphatic heterocycles. The van der Waals surface area contributed by atoms with E-state index in [4.69, 9.17) is 4.74 Å². The molecule has 0 amide bonds. The lowest BCUT2D eigenvalue weighted by atomic mass is 9.41. The van der Waals surface area contributed by atoms with Gasteiger partial charge < -0.3 is 9.84 Å². The van der Waals surface area contributed by atoms with E-state index in [-0.39, 0.29) is 40.7 Å². The second kappa shape index (κ2) is 7.68. The lowest BCUT2D eigenvalue weighted by Gasteiger charge is -2.64. The smallest absolute Gasteiger partial charge is 0.306 e. The van der Waals surface area contributed by atoms with Gasteiger partial charge in [-0.1, -0.05) is 32.4 Å². The summed E-state index contributed by atoms with van der Waals surface area (Å²) in [6, 6.07) is 0. The second-order valence-corrected chi connectivity index (χ2v) is 10.7. The van der Waals surface area contributed by atoms with E-state index in [1.165, 1.54) is 0 Å². The Labute approximate surface area is 185 Å². The van der Waals surface area contributed by atoms with Crippen molar-refractivity contribution in [1.82, 2.24) is 0 Å². The zero-order valence-corrected chi connectivity index (χ0v) is 19.3. The highest BCUT2D eigenvalue weighted by atomic mass is 16.6. The first kappa shape index (κ1) is 22.4. The predicted octanol–water partition coefficient (Wildman–Crippen LogP) is 4.33. The quantitative estimate of drug-likeness (QED) is 0.674. The minimum Gasteiger partial charge on any atom is -0.450 e. The number of hydrogen-bond acceptors (Lipinski definition) is 5. The molecule has 4 aliphatic carbocycles. The summed E-state index contributed by atoms with van der Waals surface area (Å²) in [7, 11) is 0. The van der Waals surface area contributed by atoms with Gasteiger partial charge in [-0.3, -0.25) is 14.4 Å². The highest BCUT2D eigenvalue weighted by molar-refractivity contribution is 6.01. The van der Waals surface area contributed by atoms with Crippen LogP contribution in [0.4, 0.5) is 0 Å². The predicted molar refractivity (Wildman–Crippen MR) is 117 cm³/mol. The lowest BCUT2D eigenvalue weighted by molar-refractivity contribution is -0.228. The average Bonchev–Trinajstić information content (AvgIpc) is 2.68. The second-order valence-electron chi connectivity index (χ2n) is 10.7. The van der Waals surface area contributed by atoms with E-state index in [9.17, 15) is 19.5 Å². The van der Waals surface area contributed by atoms with E-state index in [0.29, 0.717) is 25.7 Å². The summed E-state index contributed by atoms with van der Waals surface area (Å²) >= 11 is 0. The average molecular weight is 429 g/mol. The number of ketones is 2. The molecule has 0 radical (unpaired) electrons. The summed E-state index contributed by atoms with van der Waals surface area (Å²) in [4.78, 5) is 37.7. The van der Waals surface area contributed by atoms with Gasteiger partial charge >= 0.3 is 5.97 Å². The number of aliphatic hydroxyl groups is 1. The van der Waals surface area contributed by atoms with E-state index in [2.05, 4.69) is 13.8 Å². The first-order chi connectivity index (χ1) is 14.6. The van der Waals surface area contributed by atoms with Crippen LogP contribution >= 0.6 is 0 Å². The third-order valence-corrected chi connectivity index (χ3v) is 9.16. The van der Waals surface area contributed by atoms with Gasteiger partial charge in [0.05, 0.1) is 6.10 Å². The number of hydrogen-bond donors (Lipinski definition) is 1. The third kappa shape index (κ3) is 3.18. The molecular weight excluding hydrogens is 392 g/mol. The highest BCUT2D eigenvalue weighted by Gasteiger charge is 2.67. The van der Waals surface area contributed by atoms with Crippen molar-refractivity contribution in [3.63, 3.8) is 0 Å². The molecule has 5 nitrogen and oxygen atoms in total. The molecule has 3 saturated carbocycles. The first-order valence-electron chi connectivity index (χ1n) is 11.9. The van der Waals surface area contributed by atoms with Gasteiger partial charge in [0, 0.05) is 23.2 Å². The van der Waals surface area contributed by atoms with Crippen molar-refractivity contribution in [1.29, 1.82) is 0 Å². The maximum absolute atomic E-state index is 13.1. The Balaban J connectivity index is 1.75. The van der Waals surface area contributed by atoms with E-state index in [0.717, 1.165) is 31.3 Å². The molecule has 4 aliphatic rings. The molecule has 0 spiro atoms. The van der Waals surface area contributed by atoms with Gasteiger partial charge in [0.1, 0.15) is 0 Å². The number of aliphatic hydroxyl groups excluding tert-OH is 1. The summed E-state index contributed by atoms with van der Waals surface area (Å²) in [6.07, 6.45) is 10.2. The van der Waals surface area contributed by atoms with E-state index >= 15 is 0 Å². The van der Waals surface area contributed by atoms with Crippen LogP contribution < -0.4 is 0 Å². The minimum atomic E-state index is -1.16. The number of carbonyl (C=O) groups is 3. The van der Waals surface area contributed by atoms with Crippen molar-refractivity contribution < 1.29 is 24.2 Å². The Morgan fingerprint density at radius 2 is 2.00 bits per heavy atom. The van der Waals surface area contributed by atoms with E-state index in [1.54, 1.807) is 19.1 Å². The third-order valence-electron chi connectivity index (χ3n) is 9.16. The first-order valence-corrected chi connectivity index (χ1v) is 11.9. The normalized spacial score (nSPS) is 43.9. The van der Waals surface area contributed by atoms with E-state index < -0.39 is 17.1 Å². The van der Waals surface area contributed by atoms with Crippen molar-refractivity contribution >= 4 is 17.5 Å². The molecule has 4 rings (SSSR count). The maximum atomic E-state index is 13.1. The fourth-order valence-electron chi connectivity index (χ4n) is 7.79. The number of fused-ring (bicyclic) bond motifs is 5. The van der Waals surface area contributed by atoms with E-state index in [1.807, 2.05) is 13.0 Å². The van der Waals surface area contributed by atoms with Crippen LogP contribution in [0.2, 0.25) is 0 Å². The molecule has 0 aromatic carbocycles. The Bertz CT molecular complexity index is 856. The summed E-state index contributed by atoms with van der Waals surface area (Å²) < 4.78 is 6.06. The summed E-state index contributed by atoms with van der Waals surface area (Å²) in [5, 5.41) is 11.5. The molecule has 170 valence electrons. The molecule has 3 fully saturated rings. The Kier molecular flexibility index (Phi) is 5.56. The molecule has 0 aromatic heterocycles. The monoisotopic (exact) mass is 428 g/mol. The van der Waals surface area contributed by atoms with Crippen molar-refractivity contribution in [3.8, 4) is 0 Å². The summed E-state index contributed by atoms with van der Waals surface area (Å²) in [5.74, 6) is 0.0301. The molecule has 5 heteroatoms. The van der Waals surface area contributed by atoms with Gasteiger partial charge in [0.2, 0.25) is 0 Å².